The fourth-order valence-corrected chi connectivity index (χ4v) is 6.60. The van der Waals surface area contributed by atoms with Crippen molar-refractivity contribution >= 4 is 35.3 Å². The molecular weight excluding hydrogens is 372 g/mol. The number of carbonyl (C=O) groups excluding carboxylic acids is 1. The molecule has 26 heavy (non-hydrogen) atoms. The van der Waals surface area contributed by atoms with E-state index in [0.29, 0.717) is 31.4 Å². The Morgan fingerprint density at radius 3 is 2.62 bits per heavy atom. The molecule has 0 amide bonds. The van der Waals surface area contributed by atoms with Crippen molar-refractivity contribution in [3.63, 3.8) is 0 Å². The van der Waals surface area contributed by atoms with Gasteiger partial charge in [-0.05, 0) is 44.3 Å². The topological polar surface area (TPSA) is 94.8 Å². The Morgan fingerprint density at radius 1 is 1.31 bits per heavy atom. The maximum absolute atomic E-state index is 12.0. The van der Waals surface area contributed by atoms with Gasteiger partial charge in [0.25, 0.3) is 0 Å². The van der Waals surface area contributed by atoms with E-state index in [1.807, 2.05) is 13.0 Å². The van der Waals surface area contributed by atoms with Gasteiger partial charge >= 0.3 is 5.97 Å². The number of aliphatic carboxylic acids is 1. The van der Waals surface area contributed by atoms with Crippen molar-refractivity contribution in [1.82, 2.24) is 0 Å². The van der Waals surface area contributed by atoms with E-state index < -0.39 is 16.3 Å². The van der Waals surface area contributed by atoms with E-state index in [1.165, 1.54) is 11.8 Å². The Bertz CT molecular complexity index is 518. The second kappa shape index (κ2) is 10.2. The van der Waals surface area contributed by atoms with Gasteiger partial charge in [-0.3, -0.25) is 4.79 Å². The molecule has 0 saturated heterocycles. The summed E-state index contributed by atoms with van der Waals surface area (Å²) in [6, 6.07) is 0. The Kier molecular flexibility index (Phi) is 8.51. The third-order valence-electron chi connectivity index (χ3n) is 5.31. The standard InChI is InChI=1S/C19H30O5S2/c1-2-6-13-9-10-15(20)17(13)25-12-11-16(21)26-19(24,18(22)23)14-7-4-3-5-8-14/h2,6,13-14,16-17,21,24H,3-5,7-12H2,1H3,(H,22,23)/t13-,16?,17+,19?/m0/s1. The number of rotatable bonds is 9. The van der Waals surface area contributed by atoms with Crippen LogP contribution in [0.4, 0.5) is 0 Å². The van der Waals surface area contributed by atoms with E-state index in [-0.39, 0.29) is 22.9 Å². The van der Waals surface area contributed by atoms with Gasteiger partial charge in [-0.2, -0.15) is 0 Å². The quantitative estimate of drug-likeness (QED) is 0.402. The van der Waals surface area contributed by atoms with Crippen LogP contribution in [-0.4, -0.2) is 48.4 Å². The number of carboxylic acids is 1. The first-order valence-electron chi connectivity index (χ1n) is 9.47. The molecule has 2 aliphatic carbocycles. The highest BCUT2D eigenvalue weighted by molar-refractivity contribution is 8.02. The predicted molar refractivity (Wildman–Crippen MR) is 106 cm³/mol. The number of carboxylic acid groups (broad SMARTS) is 1. The fourth-order valence-electron chi connectivity index (χ4n) is 3.88. The van der Waals surface area contributed by atoms with Crippen LogP contribution in [0.3, 0.4) is 0 Å². The van der Waals surface area contributed by atoms with Gasteiger partial charge in [-0.25, -0.2) is 4.79 Å². The lowest BCUT2D eigenvalue weighted by molar-refractivity contribution is -0.154. The Labute approximate surface area is 164 Å². The third kappa shape index (κ3) is 5.50. The van der Waals surface area contributed by atoms with Crippen molar-refractivity contribution in [2.75, 3.05) is 5.75 Å². The van der Waals surface area contributed by atoms with Crippen molar-refractivity contribution in [1.29, 1.82) is 0 Å². The highest BCUT2D eigenvalue weighted by Gasteiger charge is 2.46. The van der Waals surface area contributed by atoms with Crippen LogP contribution in [0.15, 0.2) is 12.2 Å². The summed E-state index contributed by atoms with van der Waals surface area (Å²) in [5, 5.41) is 30.4. The van der Waals surface area contributed by atoms with E-state index in [1.54, 1.807) is 0 Å². The van der Waals surface area contributed by atoms with Crippen LogP contribution in [0.1, 0.15) is 58.3 Å². The maximum atomic E-state index is 12.0. The first-order valence-corrected chi connectivity index (χ1v) is 11.4. The Hall–Kier alpha value is -0.500. The molecule has 2 aliphatic rings. The number of hydrogen-bond acceptors (Lipinski definition) is 6. The second-order valence-corrected chi connectivity index (χ2v) is 9.84. The van der Waals surface area contributed by atoms with Crippen LogP contribution in [0.2, 0.25) is 0 Å². The number of ketones is 1. The van der Waals surface area contributed by atoms with Gasteiger partial charge in [0.1, 0.15) is 11.2 Å². The average molecular weight is 403 g/mol. The number of thioether (sulfide) groups is 2. The zero-order valence-electron chi connectivity index (χ0n) is 15.3. The predicted octanol–water partition coefficient (Wildman–Crippen LogP) is 3.44. The molecule has 2 unspecified atom stereocenters. The van der Waals surface area contributed by atoms with Crippen molar-refractivity contribution in [2.45, 2.75) is 73.9 Å². The molecule has 4 atom stereocenters. The molecule has 0 aromatic heterocycles. The van der Waals surface area contributed by atoms with Gasteiger partial charge in [-0.1, -0.05) is 43.2 Å². The molecule has 3 N–H and O–H groups in total. The van der Waals surface area contributed by atoms with Crippen LogP contribution in [0, 0.1) is 11.8 Å². The van der Waals surface area contributed by atoms with E-state index in [9.17, 15) is 24.9 Å². The van der Waals surface area contributed by atoms with Crippen LogP contribution < -0.4 is 0 Å². The molecule has 0 aromatic carbocycles. The molecule has 0 aliphatic heterocycles. The highest BCUT2D eigenvalue weighted by Crippen LogP contribution is 2.42. The normalized spacial score (nSPS) is 28.3. The summed E-state index contributed by atoms with van der Waals surface area (Å²) < 4.78 is 0. The molecule has 2 saturated carbocycles. The van der Waals surface area contributed by atoms with Crippen LogP contribution >= 0.6 is 23.5 Å². The van der Waals surface area contributed by atoms with Crippen LogP contribution in [0.5, 0.6) is 0 Å². The zero-order chi connectivity index (χ0) is 19.2. The fraction of sp³-hybridized carbons (Fsp3) is 0.789. The van der Waals surface area contributed by atoms with Crippen LogP contribution in [0.25, 0.3) is 0 Å². The number of hydrogen-bond donors (Lipinski definition) is 3. The van der Waals surface area contributed by atoms with Crippen molar-refractivity contribution in [3.05, 3.63) is 12.2 Å². The molecule has 0 radical (unpaired) electrons. The highest BCUT2D eigenvalue weighted by atomic mass is 32.2. The first-order chi connectivity index (χ1) is 12.4. The smallest absolute Gasteiger partial charge is 0.346 e. The molecular formula is C19H30O5S2. The van der Waals surface area contributed by atoms with Crippen LogP contribution in [-0.2, 0) is 9.59 Å². The van der Waals surface area contributed by atoms with E-state index in [4.69, 9.17) is 0 Å². The lowest BCUT2D eigenvalue weighted by Gasteiger charge is -2.35. The van der Waals surface area contributed by atoms with E-state index >= 15 is 0 Å². The summed E-state index contributed by atoms with van der Waals surface area (Å²) in [5.41, 5.74) is -0.956. The zero-order valence-corrected chi connectivity index (χ0v) is 16.9. The van der Waals surface area contributed by atoms with Crippen molar-refractivity contribution < 1.29 is 24.9 Å². The minimum atomic E-state index is -1.93. The summed E-state index contributed by atoms with van der Waals surface area (Å²) in [6.45, 7) is 1.95. The van der Waals surface area contributed by atoms with Gasteiger partial charge in [0.2, 0.25) is 4.93 Å². The largest absolute Gasteiger partial charge is 0.478 e. The number of carbonyl (C=O) groups is 2. The molecule has 0 bridgehead atoms. The molecule has 2 rings (SSSR count). The van der Waals surface area contributed by atoms with Crippen molar-refractivity contribution in [3.8, 4) is 0 Å². The Balaban J connectivity index is 1.85. The third-order valence-corrected chi connectivity index (χ3v) is 8.13. The number of aliphatic hydroxyl groups excluding tert-OH is 1. The molecule has 2 fully saturated rings. The van der Waals surface area contributed by atoms with Gasteiger partial charge in [0, 0.05) is 12.3 Å². The lowest BCUT2D eigenvalue weighted by atomic mass is 9.85. The molecule has 0 heterocycles. The number of aliphatic hydroxyl groups is 2. The summed E-state index contributed by atoms with van der Waals surface area (Å²) in [7, 11) is 0. The maximum Gasteiger partial charge on any atom is 0.346 e. The van der Waals surface area contributed by atoms with E-state index in [0.717, 1.165) is 37.4 Å². The molecule has 5 nitrogen and oxygen atoms in total. The SMILES string of the molecule is CC=C[C@H]1CCC(=O)[C@@H]1SCCC(O)SC(O)(C(=O)O)C1CCCCC1. The van der Waals surface area contributed by atoms with Gasteiger partial charge in [-0.15, -0.1) is 11.8 Å². The summed E-state index contributed by atoms with van der Waals surface area (Å²) in [4.78, 5) is 21.7. The Morgan fingerprint density at radius 2 is 2.00 bits per heavy atom. The monoisotopic (exact) mass is 402 g/mol. The second-order valence-electron chi connectivity index (χ2n) is 7.18. The lowest BCUT2D eigenvalue weighted by Crippen LogP contribution is -2.45. The van der Waals surface area contributed by atoms with Crippen molar-refractivity contribution in [2.24, 2.45) is 11.8 Å². The van der Waals surface area contributed by atoms with Gasteiger partial charge in [0.05, 0.1) is 5.25 Å². The summed E-state index contributed by atoms with van der Waals surface area (Å²) >= 11 is 2.29. The summed E-state index contributed by atoms with van der Waals surface area (Å²) in [5.74, 6) is -0.513. The van der Waals surface area contributed by atoms with E-state index in [2.05, 4.69) is 6.08 Å². The minimum absolute atomic E-state index is 0.0694. The minimum Gasteiger partial charge on any atom is -0.478 e. The number of allylic oxidation sites excluding steroid dienone is 2. The van der Waals surface area contributed by atoms with Gasteiger partial charge in [0.15, 0.2) is 0 Å². The summed E-state index contributed by atoms with van der Waals surface area (Å²) in [6.07, 6.45) is 10.1. The molecule has 7 heteroatoms. The molecule has 0 aromatic rings. The number of Topliss-reactive ketones (excluding diaryl/α,β-unsaturated/α-hetero) is 1. The molecule has 0 spiro atoms. The van der Waals surface area contributed by atoms with Gasteiger partial charge < -0.3 is 15.3 Å². The first kappa shape index (κ1) is 21.8. The average Bonchev–Trinajstić information content (AvgIpc) is 2.96. The molecule has 148 valence electrons.